The Bertz CT molecular complexity index is 960. The zero-order valence-electron chi connectivity index (χ0n) is 13.5. The van der Waals surface area contributed by atoms with Gasteiger partial charge in [-0.25, -0.2) is 9.59 Å². The van der Waals surface area contributed by atoms with Crippen LogP contribution < -0.4 is 10.4 Å². The molecule has 0 aliphatic rings. The summed E-state index contributed by atoms with van der Waals surface area (Å²) in [5.74, 6) is -0.0458. The molecule has 0 aliphatic heterocycles. The van der Waals surface area contributed by atoms with Crippen molar-refractivity contribution in [1.29, 1.82) is 0 Å². The van der Waals surface area contributed by atoms with Crippen molar-refractivity contribution < 1.29 is 18.7 Å². The van der Waals surface area contributed by atoms with Gasteiger partial charge in [-0.05, 0) is 42.3 Å². The molecule has 0 saturated carbocycles. The third-order valence-electron chi connectivity index (χ3n) is 3.59. The van der Waals surface area contributed by atoms with Crippen LogP contribution in [0.15, 0.2) is 62.2 Å². The van der Waals surface area contributed by atoms with Crippen LogP contribution in [0.4, 0.5) is 0 Å². The van der Waals surface area contributed by atoms with Crippen LogP contribution in [0.2, 0.25) is 0 Å². The van der Waals surface area contributed by atoms with Crippen LogP contribution in [-0.2, 0) is 16.1 Å². The van der Waals surface area contributed by atoms with Crippen molar-refractivity contribution in [3.63, 3.8) is 0 Å². The Hall–Kier alpha value is -2.60. The lowest BCUT2D eigenvalue weighted by molar-refractivity contribution is -0.147. The molecule has 0 unspecified atom stereocenters. The highest BCUT2D eigenvalue weighted by atomic mass is 79.9. The lowest BCUT2D eigenvalue weighted by Crippen LogP contribution is -2.14. The van der Waals surface area contributed by atoms with Crippen LogP contribution in [0.5, 0.6) is 5.75 Å². The minimum Gasteiger partial charge on any atom is -0.482 e. The maximum Gasteiger partial charge on any atom is 0.344 e. The van der Waals surface area contributed by atoms with Crippen LogP contribution in [0.25, 0.3) is 11.0 Å². The summed E-state index contributed by atoms with van der Waals surface area (Å²) in [6, 6.07) is 14.0. The van der Waals surface area contributed by atoms with E-state index >= 15 is 0 Å². The van der Waals surface area contributed by atoms with Crippen molar-refractivity contribution in [1.82, 2.24) is 0 Å². The minimum absolute atomic E-state index is 0.182. The van der Waals surface area contributed by atoms with Crippen molar-refractivity contribution in [2.75, 3.05) is 6.61 Å². The Morgan fingerprint density at radius 1 is 1.12 bits per heavy atom. The van der Waals surface area contributed by atoms with Gasteiger partial charge in [0.25, 0.3) is 0 Å². The topological polar surface area (TPSA) is 65.7 Å². The molecule has 0 fully saturated rings. The zero-order chi connectivity index (χ0) is 17.8. The third kappa shape index (κ3) is 4.48. The molecule has 0 atom stereocenters. The van der Waals surface area contributed by atoms with Crippen molar-refractivity contribution in [2.24, 2.45) is 0 Å². The smallest absolute Gasteiger partial charge is 0.344 e. The Labute approximate surface area is 152 Å². The fraction of sp³-hybridized carbons (Fsp3) is 0.158. The summed E-state index contributed by atoms with van der Waals surface area (Å²) < 4.78 is 16.7. The number of fused-ring (bicyclic) bond motifs is 1. The fourth-order valence-corrected chi connectivity index (χ4v) is 2.59. The minimum atomic E-state index is -0.478. The Morgan fingerprint density at radius 2 is 1.88 bits per heavy atom. The molecule has 128 valence electrons. The molecule has 0 N–H and O–H groups in total. The second-order valence-corrected chi connectivity index (χ2v) is 6.40. The molecule has 3 rings (SSSR count). The molecule has 25 heavy (non-hydrogen) atoms. The van der Waals surface area contributed by atoms with Crippen LogP contribution >= 0.6 is 15.9 Å². The average Bonchev–Trinajstić information content (AvgIpc) is 2.59. The van der Waals surface area contributed by atoms with E-state index in [0.717, 1.165) is 21.0 Å². The van der Waals surface area contributed by atoms with Crippen LogP contribution in [0, 0.1) is 6.92 Å². The van der Waals surface area contributed by atoms with Crippen molar-refractivity contribution in [2.45, 2.75) is 13.5 Å². The molecule has 6 heteroatoms. The van der Waals surface area contributed by atoms with E-state index in [1.54, 1.807) is 18.2 Å². The van der Waals surface area contributed by atoms with E-state index in [-0.39, 0.29) is 13.2 Å². The van der Waals surface area contributed by atoms with Gasteiger partial charge in [0, 0.05) is 22.0 Å². The Kier molecular flexibility index (Phi) is 5.19. The molecule has 3 aromatic rings. The number of esters is 1. The molecule has 1 heterocycles. The van der Waals surface area contributed by atoms with Gasteiger partial charge in [-0.2, -0.15) is 0 Å². The average molecular weight is 403 g/mol. The first-order valence-electron chi connectivity index (χ1n) is 7.58. The van der Waals surface area contributed by atoms with E-state index in [4.69, 9.17) is 13.9 Å². The van der Waals surface area contributed by atoms with Gasteiger partial charge in [0.1, 0.15) is 17.9 Å². The highest BCUT2D eigenvalue weighted by Crippen LogP contribution is 2.22. The summed E-state index contributed by atoms with van der Waals surface area (Å²) in [5.41, 5.74) is 1.72. The molecular formula is C19H15BrO5. The van der Waals surface area contributed by atoms with Gasteiger partial charge in [-0.15, -0.1) is 0 Å². The monoisotopic (exact) mass is 402 g/mol. The molecule has 0 radical (unpaired) electrons. The number of carbonyl (C=O) groups is 1. The van der Waals surface area contributed by atoms with Gasteiger partial charge in [-0.3, -0.25) is 0 Å². The van der Waals surface area contributed by atoms with E-state index in [9.17, 15) is 9.59 Å². The van der Waals surface area contributed by atoms with Gasteiger partial charge in [0.2, 0.25) is 0 Å². The molecule has 0 spiro atoms. The van der Waals surface area contributed by atoms with Crippen LogP contribution in [0.1, 0.15) is 11.1 Å². The largest absolute Gasteiger partial charge is 0.482 e. The first-order chi connectivity index (χ1) is 12.0. The van der Waals surface area contributed by atoms with E-state index in [1.807, 2.05) is 31.2 Å². The lowest BCUT2D eigenvalue weighted by atomic mass is 10.1. The summed E-state index contributed by atoms with van der Waals surface area (Å²) in [5, 5.41) is 0.824. The number of carbonyl (C=O) groups excluding carboxylic acids is 1. The first kappa shape index (κ1) is 17.2. The normalized spacial score (nSPS) is 10.6. The number of aryl methyl sites for hydroxylation is 1. The number of hydrogen-bond acceptors (Lipinski definition) is 5. The summed E-state index contributed by atoms with van der Waals surface area (Å²) in [6.45, 7) is 1.79. The number of benzene rings is 2. The Morgan fingerprint density at radius 3 is 2.64 bits per heavy atom. The van der Waals surface area contributed by atoms with Gasteiger partial charge >= 0.3 is 11.6 Å². The molecule has 2 aromatic carbocycles. The van der Waals surface area contributed by atoms with Gasteiger partial charge in [0.15, 0.2) is 6.61 Å². The molecule has 0 bridgehead atoms. The predicted molar refractivity (Wildman–Crippen MR) is 96.7 cm³/mol. The molecule has 1 aromatic heterocycles. The molecule has 0 aliphatic carbocycles. The first-order valence-corrected chi connectivity index (χ1v) is 8.38. The molecule has 0 saturated heterocycles. The van der Waals surface area contributed by atoms with Crippen molar-refractivity contribution >= 4 is 32.9 Å². The maximum atomic E-state index is 11.8. The Balaban J connectivity index is 1.59. The van der Waals surface area contributed by atoms with E-state index in [1.165, 1.54) is 6.07 Å². The molecular weight excluding hydrogens is 388 g/mol. The summed E-state index contributed by atoms with van der Waals surface area (Å²) in [4.78, 5) is 23.2. The highest BCUT2D eigenvalue weighted by Gasteiger charge is 2.08. The van der Waals surface area contributed by atoms with E-state index in [2.05, 4.69) is 15.9 Å². The van der Waals surface area contributed by atoms with E-state index in [0.29, 0.717) is 11.3 Å². The number of hydrogen-bond donors (Lipinski definition) is 0. The third-order valence-corrected chi connectivity index (χ3v) is 4.12. The van der Waals surface area contributed by atoms with Crippen molar-refractivity contribution in [3.8, 4) is 5.75 Å². The highest BCUT2D eigenvalue weighted by molar-refractivity contribution is 9.10. The maximum absolute atomic E-state index is 11.8. The van der Waals surface area contributed by atoms with Gasteiger partial charge in [-0.1, -0.05) is 28.1 Å². The quantitative estimate of drug-likeness (QED) is 0.476. The van der Waals surface area contributed by atoms with Crippen molar-refractivity contribution in [3.05, 3.63) is 74.6 Å². The van der Waals surface area contributed by atoms with E-state index < -0.39 is 11.6 Å². The second-order valence-electron chi connectivity index (χ2n) is 5.48. The summed E-state index contributed by atoms with van der Waals surface area (Å²) in [6.07, 6.45) is 0. The molecule has 0 amide bonds. The standard InChI is InChI=1S/C19H15BrO5/c1-12-8-18(21)25-17-9-15(6-7-16(12)17)23-11-19(22)24-10-13-2-4-14(20)5-3-13/h2-9H,10-11H2,1H3. The summed E-state index contributed by atoms with van der Waals surface area (Å²) >= 11 is 3.35. The zero-order valence-corrected chi connectivity index (χ0v) is 15.0. The number of rotatable bonds is 5. The number of ether oxygens (including phenoxy) is 2. The van der Waals surface area contributed by atoms with Crippen LogP contribution in [-0.4, -0.2) is 12.6 Å². The molecule has 5 nitrogen and oxygen atoms in total. The van der Waals surface area contributed by atoms with Crippen LogP contribution in [0.3, 0.4) is 0 Å². The summed E-state index contributed by atoms with van der Waals surface area (Å²) in [7, 11) is 0. The van der Waals surface area contributed by atoms with Gasteiger partial charge < -0.3 is 13.9 Å². The second kappa shape index (κ2) is 7.53. The fourth-order valence-electron chi connectivity index (χ4n) is 2.32. The predicted octanol–water partition coefficient (Wildman–Crippen LogP) is 3.99. The lowest BCUT2D eigenvalue weighted by Gasteiger charge is -2.08. The van der Waals surface area contributed by atoms with Gasteiger partial charge in [0.05, 0.1) is 0 Å². The number of halogens is 1. The SMILES string of the molecule is Cc1cc(=O)oc2cc(OCC(=O)OCc3ccc(Br)cc3)ccc12.